The molecule has 5 heteroatoms. The fourth-order valence-corrected chi connectivity index (χ4v) is 3.12. The molecule has 2 aromatic rings. The predicted molar refractivity (Wildman–Crippen MR) is 98.1 cm³/mol. The monoisotopic (exact) mass is 340 g/mol. The molecule has 5 nitrogen and oxygen atoms in total. The summed E-state index contributed by atoms with van der Waals surface area (Å²) in [5.74, 6) is 2.21. The number of nitrogens with two attached hydrogens (primary N) is 1. The van der Waals surface area contributed by atoms with E-state index in [4.69, 9.17) is 15.2 Å². The van der Waals surface area contributed by atoms with Crippen molar-refractivity contribution in [2.24, 2.45) is 11.7 Å². The molecule has 3 rings (SSSR count). The highest BCUT2D eigenvalue weighted by atomic mass is 16.5. The third-order valence-corrected chi connectivity index (χ3v) is 4.48. The first-order chi connectivity index (χ1) is 12.1. The molecule has 1 aliphatic rings. The maximum absolute atomic E-state index is 12.3. The van der Waals surface area contributed by atoms with Gasteiger partial charge in [-0.2, -0.15) is 0 Å². The number of carbonyl (C=O) groups excluding carboxylic acids is 1. The Morgan fingerprint density at radius 3 is 2.56 bits per heavy atom. The van der Waals surface area contributed by atoms with Crippen molar-refractivity contribution in [3.8, 4) is 17.2 Å². The molecule has 0 heterocycles. The van der Waals surface area contributed by atoms with Crippen LogP contribution in [-0.2, 0) is 4.79 Å². The zero-order valence-corrected chi connectivity index (χ0v) is 14.4. The molecule has 0 bridgehead atoms. The number of carbonyl (C=O) groups is 1. The van der Waals surface area contributed by atoms with Crippen LogP contribution in [0.25, 0.3) is 0 Å². The van der Waals surface area contributed by atoms with Crippen LogP contribution in [0.5, 0.6) is 17.2 Å². The highest BCUT2D eigenvalue weighted by Crippen LogP contribution is 2.27. The number of nitrogens with one attached hydrogen (secondary N) is 1. The lowest BCUT2D eigenvalue weighted by Crippen LogP contribution is -2.34. The van der Waals surface area contributed by atoms with E-state index in [9.17, 15) is 4.79 Å². The van der Waals surface area contributed by atoms with Crippen molar-refractivity contribution < 1.29 is 14.3 Å². The van der Waals surface area contributed by atoms with Gasteiger partial charge in [-0.15, -0.1) is 0 Å². The Morgan fingerprint density at radius 1 is 1.08 bits per heavy atom. The van der Waals surface area contributed by atoms with Crippen molar-refractivity contribution in [1.29, 1.82) is 0 Å². The summed E-state index contributed by atoms with van der Waals surface area (Å²) in [6, 6.07) is 14.9. The minimum Gasteiger partial charge on any atom is -0.497 e. The largest absolute Gasteiger partial charge is 0.497 e. The van der Waals surface area contributed by atoms with E-state index in [-0.39, 0.29) is 17.9 Å². The molecule has 2 atom stereocenters. The normalized spacial score (nSPS) is 19.9. The van der Waals surface area contributed by atoms with Gasteiger partial charge in [0.05, 0.1) is 7.11 Å². The molecule has 1 saturated carbocycles. The second-order valence-corrected chi connectivity index (χ2v) is 6.42. The second-order valence-electron chi connectivity index (χ2n) is 6.42. The van der Waals surface area contributed by atoms with Crippen LogP contribution in [0.4, 0.5) is 5.69 Å². The number of hydrogen-bond acceptors (Lipinski definition) is 4. The van der Waals surface area contributed by atoms with E-state index in [1.54, 1.807) is 7.11 Å². The topological polar surface area (TPSA) is 73.6 Å². The Hall–Kier alpha value is -2.53. The maximum Gasteiger partial charge on any atom is 0.227 e. The Bertz CT molecular complexity index is 715. The molecule has 0 radical (unpaired) electrons. The van der Waals surface area contributed by atoms with E-state index in [1.165, 1.54) is 0 Å². The number of benzene rings is 2. The molecular formula is C20H24N2O3. The smallest absolute Gasteiger partial charge is 0.227 e. The number of rotatable bonds is 5. The summed E-state index contributed by atoms with van der Waals surface area (Å²) in [5, 5.41) is 2.97. The van der Waals surface area contributed by atoms with Crippen LogP contribution < -0.4 is 20.5 Å². The maximum atomic E-state index is 12.3. The first kappa shape index (κ1) is 17.3. The minimum absolute atomic E-state index is 0.0106. The quantitative estimate of drug-likeness (QED) is 0.864. The van der Waals surface area contributed by atoms with E-state index in [0.29, 0.717) is 11.5 Å². The number of anilines is 1. The van der Waals surface area contributed by atoms with Crippen molar-refractivity contribution in [2.75, 3.05) is 12.4 Å². The molecular weight excluding hydrogens is 316 g/mol. The van der Waals surface area contributed by atoms with Crippen molar-refractivity contribution in [2.45, 2.75) is 31.7 Å². The van der Waals surface area contributed by atoms with Gasteiger partial charge >= 0.3 is 0 Å². The molecule has 2 aromatic carbocycles. The van der Waals surface area contributed by atoms with Gasteiger partial charge in [-0.05, 0) is 55.7 Å². The zero-order valence-electron chi connectivity index (χ0n) is 14.4. The van der Waals surface area contributed by atoms with E-state index < -0.39 is 0 Å². The summed E-state index contributed by atoms with van der Waals surface area (Å²) in [6.45, 7) is 0. The molecule has 0 aromatic heterocycles. The molecule has 0 aliphatic heterocycles. The summed E-state index contributed by atoms with van der Waals surface area (Å²) >= 11 is 0. The SMILES string of the molecule is COc1cccc(Oc2ccc(NC(=O)C3CCCC(N)C3)cc2)c1. The molecule has 2 unspecified atom stereocenters. The lowest BCUT2D eigenvalue weighted by atomic mass is 9.85. The van der Waals surface area contributed by atoms with E-state index in [2.05, 4.69) is 5.32 Å². The Kier molecular flexibility index (Phi) is 5.56. The summed E-state index contributed by atoms with van der Waals surface area (Å²) in [6.07, 6.45) is 3.71. The van der Waals surface area contributed by atoms with Crippen LogP contribution in [0, 0.1) is 5.92 Å². The lowest BCUT2D eigenvalue weighted by molar-refractivity contribution is -0.120. The average Bonchev–Trinajstić information content (AvgIpc) is 2.63. The van der Waals surface area contributed by atoms with Crippen LogP contribution in [0.2, 0.25) is 0 Å². The third-order valence-electron chi connectivity index (χ3n) is 4.48. The molecule has 1 fully saturated rings. The number of ether oxygens (including phenoxy) is 2. The fraction of sp³-hybridized carbons (Fsp3) is 0.350. The fourth-order valence-electron chi connectivity index (χ4n) is 3.12. The average molecular weight is 340 g/mol. The molecule has 1 aliphatic carbocycles. The van der Waals surface area contributed by atoms with Gasteiger partial charge in [0.1, 0.15) is 17.2 Å². The Labute approximate surface area is 148 Å². The number of methoxy groups -OCH3 is 1. The summed E-state index contributed by atoms with van der Waals surface area (Å²) in [7, 11) is 1.62. The highest BCUT2D eigenvalue weighted by Gasteiger charge is 2.25. The van der Waals surface area contributed by atoms with Crippen LogP contribution in [0.3, 0.4) is 0 Å². The summed E-state index contributed by atoms with van der Waals surface area (Å²) < 4.78 is 11.0. The van der Waals surface area contributed by atoms with Crippen molar-refractivity contribution >= 4 is 11.6 Å². The molecule has 0 spiro atoms. The van der Waals surface area contributed by atoms with Crippen LogP contribution in [0.1, 0.15) is 25.7 Å². The standard InChI is InChI=1S/C20H24N2O3/c1-24-18-6-3-7-19(13-18)25-17-10-8-16(9-11-17)22-20(23)14-4-2-5-15(21)12-14/h3,6-11,13-15H,2,4-5,12,21H2,1H3,(H,22,23). The second kappa shape index (κ2) is 8.03. The van der Waals surface area contributed by atoms with Gasteiger partial charge in [0.2, 0.25) is 5.91 Å². The van der Waals surface area contributed by atoms with Gasteiger partial charge in [-0.3, -0.25) is 4.79 Å². The van der Waals surface area contributed by atoms with E-state index in [1.807, 2.05) is 48.5 Å². The van der Waals surface area contributed by atoms with Crippen molar-refractivity contribution in [1.82, 2.24) is 0 Å². The Balaban J connectivity index is 1.59. The van der Waals surface area contributed by atoms with Crippen molar-refractivity contribution in [3.05, 3.63) is 48.5 Å². The third kappa shape index (κ3) is 4.73. The van der Waals surface area contributed by atoms with Gasteiger partial charge in [-0.1, -0.05) is 12.5 Å². The molecule has 1 amide bonds. The zero-order chi connectivity index (χ0) is 17.6. The van der Waals surface area contributed by atoms with Gasteiger partial charge in [0.25, 0.3) is 0 Å². The lowest BCUT2D eigenvalue weighted by Gasteiger charge is -2.25. The van der Waals surface area contributed by atoms with Crippen LogP contribution >= 0.6 is 0 Å². The van der Waals surface area contributed by atoms with Gasteiger partial charge in [0, 0.05) is 23.7 Å². The van der Waals surface area contributed by atoms with Gasteiger partial charge < -0.3 is 20.5 Å². The molecule has 3 N–H and O–H groups in total. The van der Waals surface area contributed by atoms with Crippen LogP contribution in [0.15, 0.2) is 48.5 Å². The number of hydrogen-bond donors (Lipinski definition) is 2. The molecule has 25 heavy (non-hydrogen) atoms. The predicted octanol–water partition coefficient (Wildman–Crippen LogP) is 3.94. The number of amides is 1. The minimum atomic E-state index is 0.0106. The van der Waals surface area contributed by atoms with E-state index in [0.717, 1.165) is 37.1 Å². The van der Waals surface area contributed by atoms with Crippen LogP contribution in [-0.4, -0.2) is 19.1 Å². The summed E-state index contributed by atoms with van der Waals surface area (Å²) in [4.78, 5) is 12.3. The Morgan fingerprint density at radius 2 is 1.84 bits per heavy atom. The first-order valence-corrected chi connectivity index (χ1v) is 8.62. The molecule has 132 valence electrons. The highest BCUT2D eigenvalue weighted by molar-refractivity contribution is 5.92. The van der Waals surface area contributed by atoms with Gasteiger partial charge in [0.15, 0.2) is 0 Å². The molecule has 0 saturated heterocycles. The van der Waals surface area contributed by atoms with Crippen molar-refractivity contribution in [3.63, 3.8) is 0 Å². The van der Waals surface area contributed by atoms with Gasteiger partial charge in [-0.25, -0.2) is 0 Å². The van der Waals surface area contributed by atoms with E-state index >= 15 is 0 Å². The summed E-state index contributed by atoms with van der Waals surface area (Å²) in [5.41, 5.74) is 6.73. The first-order valence-electron chi connectivity index (χ1n) is 8.62.